The molecule has 0 saturated carbocycles. The summed E-state index contributed by atoms with van der Waals surface area (Å²) in [5.74, 6) is 1.16. The maximum atomic E-state index is 12.8. The number of aromatic nitrogens is 1. The SMILES string of the molecule is CC(C)Oc1ccccc1-c1cc(=O)c2c(ccc3nc(N)sc32)o1. The lowest BCUT2D eigenvalue weighted by molar-refractivity contribution is 0.243. The van der Waals surface area contributed by atoms with Crippen molar-refractivity contribution in [2.75, 3.05) is 5.73 Å². The van der Waals surface area contributed by atoms with Crippen molar-refractivity contribution in [2.45, 2.75) is 20.0 Å². The predicted molar refractivity (Wildman–Crippen MR) is 101 cm³/mol. The van der Waals surface area contributed by atoms with Gasteiger partial charge in [0.2, 0.25) is 0 Å². The monoisotopic (exact) mass is 352 g/mol. The van der Waals surface area contributed by atoms with Crippen molar-refractivity contribution in [1.82, 2.24) is 4.98 Å². The molecule has 2 aromatic carbocycles. The first-order chi connectivity index (χ1) is 12.0. The molecule has 0 amide bonds. The Hall–Kier alpha value is -2.86. The molecular formula is C19H16N2O3S. The van der Waals surface area contributed by atoms with Crippen LogP contribution in [-0.2, 0) is 0 Å². The molecule has 5 nitrogen and oxygen atoms in total. The van der Waals surface area contributed by atoms with Gasteiger partial charge in [-0.15, -0.1) is 0 Å². The average molecular weight is 352 g/mol. The summed E-state index contributed by atoms with van der Waals surface area (Å²) in [6.45, 7) is 3.91. The Bertz CT molecular complexity index is 1140. The molecule has 2 N–H and O–H groups in total. The van der Waals surface area contributed by atoms with Gasteiger partial charge < -0.3 is 14.9 Å². The number of para-hydroxylation sites is 1. The molecule has 0 aliphatic rings. The van der Waals surface area contributed by atoms with Crippen LogP contribution in [0.3, 0.4) is 0 Å². The smallest absolute Gasteiger partial charge is 0.194 e. The van der Waals surface area contributed by atoms with Gasteiger partial charge in [-0.05, 0) is 38.1 Å². The first kappa shape index (κ1) is 15.7. The summed E-state index contributed by atoms with van der Waals surface area (Å²) in [6.07, 6.45) is 0.0214. The number of anilines is 1. The number of nitrogens with zero attached hydrogens (tertiary/aromatic N) is 1. The van der Waals surface area contributed by atoms with E-state index in [0.717, 1.165) is 10.3 Å². The highest BCUT2D eigenvalue weighted by Gasteiger charge is 2.15. The highest BCUT2D eigenvalue weighted by molar-refractivity contribution is 7.22. The minimum absolute atomic E-state index is 0.0214. The van der Waals surface area contributed by atoms with E-state index in [9.17, 15) is 4.79 Å². The van der Waals surface area contributed by atoms with Crippen LogP contribution in [0.4, 0.5) is 5.13 Å². The summed E-state index contributed by atoms with van der Waals surface area (Å²) in [5.41, 5.74) is 7.62. The molecule has 2 aromatic heterocycles. The third kappa shape index (κ3) is 2.74. The lowest BCUT2D eigenvalue weighted by Crippen LogP contribution is -2.07. The van der Waals surface area contributed by atoms with Crippen molar-refractivity contribution in [3.63, 3.8) is 0 Å². The van der Waals surface area contributed by atoms with E-state index in [4.69, 9.17) is 14.9 Å². The van der Waals surface area contributed by atoms with Crippen LogP contribution in [0.2, 0.25) is 0 Å². The van der Waals surface area contributed by atoms with Gasteiger partial charge in [-0.2, -0.15) is 0 Å². The van der Waals surface area contributed by atoms with E-state index >= 15 is 0 Å². The van der Waals surface area contributed by atoms with Crippen LogP contribution in [0, 0.1) is 0 Å². The minimum atomic E-state index is -0.121. The number of nitrogen functional groups attached to an aromatic ring is 1. The van der Waals surface area contributed by atoms with Gasteiger partial charge in [-0.1, -0.05) is 23.5 Å². The number of fused-ring (bicyclic) bond motifs is 3. The van der Waals surface area contributed by atoms with E-state index in [2.05, 4.69) is 4.98 Å². The van der Waals surface area contributed by atoms with Gasteiger partial charge in [0.15, 0.2) is 10.6 Å². The second-order valence-electron chi connectivity index (χ2n) is 5.98. The van der Waals surface area contributed by atoms with E-state index in [0.29, 0.717) is 33.1 Å². The van der Waals surface area contributed by atoms with Crippen molar-refractivity contribution in [2.24, 2.45) is 0 Å². The predicted octanol–water partition coefficient (Wildman–Crippen LogP) is 4.44. The molecule has 0 unspecified atom stereocenters. The molecule has 0 saturated heterocycles. The fourth-order valence-corrected chi connectivity index (χ4v) is 3.68. The fourth-order valence-electron chi connectivity index (χ4n) is 2.81. The molecule has 0 atom stereocenters. The van der Waals surface area contributed by atoms with Gasteiger partial charge in [0.1, 0.15) is 17.1 Å². The molecule has 0 aliphatic heterocycles. The topological polar surface area (TPSA) is 78.3 Å². The largest absolute Gasteiger partial charge is 0.490 e. The summed E-state index contributed by atoms with van der Waals surface area (Å²) >= 11 is 1.29. The van der Waals surface area contributed by atoms with Crippen LogP contribution < -0.4 is 15.9 Å². The average Bonchev–Trinajstić information content (AvgIpc) is 2.94. The zero-order chi connectivity index (χ0) is 17.6. The van der Waals surface area contributed by atoms with Crippen molar-refractivity contribution in [3.8, 4) is 17.1 Å². The maximum absolute atomic E-state index is 12.8. The van der Waals surface area contributed by atoms with Crippen LogP contribution in [-0.4, -0.2) is 11.1 Å². The number of rotatable bonds is 3. The second-order valence-corrected chi connectivity index (χ2v) is 7.01. The Labute approximate surface area is 147 Å². The lowest BCUT2D eigenvalue weighted by Gasteiger charge is -2.13. The Morgan fingerprint density at radius 3 is 2.80 bits per heavy atom. The van der Waals surface area contributed by atoms with Gasteiger partial charge in [-0.3, -0.25) is 4.79 Å². The Kier molecular flexibility index (Phi) is 3.69. The van der Waals surface area contributed by atoms with Crippen molar-refractivity contribution >= 4 is 37.7 Å². The summed E-state index contributed by atoms with van der Waals surface area (Å²) in [6, 6.07) is 12.6. The highest BCUT2D eigenvalue weighted by atomic mass is 32.1. The zero-order valence-electron chi connectivity index (χ0n) is 13.8. The van der Waals surface area contributed by atoms with Crippen LogP contribution >= 0.6 is 11.3 Å². The summed E-state index contributed by atoms with van der Waals surface area (Å²) < 4.78 is 12.6. The van der Waals surface area contributed by atoms with E-state index < -0.39 is 0 Å². The third-order valence-corrected chi connectivity index (χ3v) is 4.70. The number of thiazole rings is 1. The molecule has 0 aliphatic carbocycles. The Morgan fingerprint density at radius 2 is 2.00 bits per heavy atom. The van der Waals surface area contributed by atoms with Crippen molar-refractivity contribution in [1.29, 1.82) is 0 Å². The number of hydrogen-bond donors (Lipinski definition) is 1. The molecular weight excluding hydrogens is 336 g/mol. The van der Waals surface area contributed by atoms with Crippen LogP contribution in [0.25, 0.3) is 32.5 Å². The van der Waals surface area contributed by atoms with E-state index in [1.165, 1.54) is 17.4 Å². The van der Waals surface area contributed by atoms with Gasteiger partial charge in [0, 0.05) is 6.07 Å². The number of nitrogens with two attached hydrogens (primary N) is 1. The molecule has 25 heavy (non-hydrogen) atoms. The maximum Gasteiger partial charge on any atom is 0.194 e. The van der Waals surface area contributed by atoms with Gasteiger partial charge in [-0.25, -0.2) is 4.98 Å². The fraction of sp³-hybridized carbons (Fsp3) is 0.158. The van der Waals surface area contributed by atoms with Gasteiger partial charge in [0.25, 0.3) is 0 Å². The second kappa shape index (κ2) is 5.89. The molecule has 4 rings (SSSR count). The molecule has 4 aromatic rings. The van der Waals surface area contributed by atoms with E-state index in [1.54, 1.807) is 6.07 Å². The minimum Gasteiger partial charge on any atom is -0.490 e. The van der Waals surface area contributed by atoms with Crippen molar-refractivity contribution < 1.29 is 9.15 Å². The van der Waals surface area contributed by atoms with E-state index in [1.807, 2.05) is 44.2 Å². The van der Waals surface area contributed by atoms with Crippen LogP contribution in [0.1, 0.15) is 13.8 Å². The molecule has 0 fully saturated rings. The summed E-state index contributed by atoms with van der Waals surface area (Å²) in [7, 11) is 0. The van der Waals surface area contributed by atoms with E-state index in [-0.39, 0.29) is 11.5 Å². The quantitative estimate of drug-likeness (QED) is 0.590. The standard InChI is InChI=1S/C19H16N2O3S/c1-10(2)23-14-6-4-3-5-11(14)16-9-13(22)17-15(24-16)8-7-12-18(17)25-19(20)21-12/h3-10H,1-2H3,(H2,20,21). The zero-order valence-corrected chi connectivity index (χ0v) is 14.6. The number of benzene rings is 2. The third-order valence-electron chi connectivity index (χ3n) is 3.78. The van der Waals surface area contributed by atoms with Gasteiger partial charge in [0.05, 0.1) is 27.3 Å². The summed E-state index contributed by atoms with van der Waals surface area (Å²) in [4.78, 5) is 17.0. The first-order valence-electron chi connectivity index (χ1n) is 7.92. The van der Waals surface area contributed by atoms with Crippen LogP contribution in [0.5, 0.6) is 5.75 Å². The molecule has 0 bridgehead atoms. The Morgan fingerprint density at radius 1 is 1.20 bits per heavy atom. The molecule has 2 heterocycles. The molecule has 0 radical (unpaired) electrons. The highest BCUT2D eigenvalue weighted by Crippen LogP contribution is 2.34. The van der Waals surface area contributed by atoms with Gasteiger partial charge >= 0.3 is 0 Å². The summed E-state index contributed by atoms with van der Waals surface area (Å²) in [5, 5.41) is 0.944. The van der Waals surface area contributed by atoms with Crippen molar-refractivity contribution in [3.05, 3.63) is 52.7 Å². The number of hydrogen-bond acceptors (Lipinski definition) is 6. The molecule has 126 valence electrons. The van der Waals surface area contributed by atoms with Crippen LogP contribution in [0.15, 0.2) is 51.7 Å². The molecule has 6 heteroatoms. The lowest BCUT2D eigenvalue weighted by atomic mass is 10.1. The molecule has 0 spiro atoms. The normalized spacial score (nSPS) is 11.5. The number of ether oxygens (including phenoxy) is 1. The Balaban J connectivity index is 1.96. The first-order valence-corrected chi connectivity index (χ1v) is 8.73.